The number of carbonyl (C=O) groups excluding carboxylic acids is 1. The van der Waals surface area contributed by atoms with Crippen LogP contribution in [0.2, 0.25) is 5.02 Å². The van der Waals surface area contributed by atoms with Gasteiger partial charge in [0.15, 0.2) is 0 Å². The average Bonchev–Trinajstić information content (AvgIpc) is 2.16. The second kappa shape index (κ2) is 5.17. The number of anilines is 1. The van der Waals surface area contributed by atoms with Crippen LogP contribution in [0.5, 0.6) is 0 Å². The van der Waals surface area contributed by atoms with Gasteiger partial charge in [0.2, 0.25) is 0 Å². The monoisotopic (exact) mass is 278 g/mol. The van der Waals surface area contributed by atoms with Crippen LogP contribution >= 0.6 is 27.5 Å². The third kappa shape index (κ3) is 3.16. The van der Waals surface area contributed by atoms with Crippen molar-refractivity contribution in [3.05, 3.63) is 21.8 Å². The summed E-state index contributed by atoms with van der Waals surface area (Å²) in [4.78, 5) is 14.8. The number of esters is 1. The molecule has 0 aliphatic carbocycles. The normalized spacial score (nSPS) is 9.64. The third-order valence-corrected chi connectivity index (χ3v) is 2.16. The molecule has 76 valence electrons. The smallest absolute Gasteiger partial charge is 0.325 e. The minimum absolute atomic E-state index is 0.0465. The van der Waals surface area contributed by atoms with Gasteiger partial charge in [0.05, 0.1) is 12.1 Å². The van der Waals surface area contributed by atoms with E-state index in [0.29, 0.717) is 10.8 Å². The van der Waals surface area contributed by atoms with Crippen LogP contribution < -0.4 is 5.32 Å². The zero-order valence-corrected chi connectivity index (χ0v) is 9.72. The molecule has 0 aromatic carbocycles. The first-order chi connectivity index (χ1) is 6.63. The summed E-state index contributed by atoms with van der Waals surface area (Å²) in [6.45, 7) is 0.0465. The van der Waals surface area contributed by atoms with Crippen molar-refractivity contribution in [3.63, 3.8) is 0 Å². The fourth-order valence-electron chi connectivity index (χ4n) is 0.773. The minimum atomic E-state index is -0.370. The topological polar surface area (TPSA) is 51.2 Å². The molecule has 0 aliphatic heterocycles. The minimum Gasteiger partial charge on any atom is -0.468 e. The first-order valence-electron chi connectivity index (χ1n) is 3.75. The van der Waals surface area contributed by atoms with E-state index < -0.39 is 0 Å². The number of hydrogen-bond acceptors (Lipinski definition) is 4. The Morgan fingerprint density at radius 3 is 3.07 bits per heavy atom. The van der Waals surface area contributed by atoms with Crippen molar-refractivity contribution in [2.75, 3.05) is 19.0 Å². The second-order valence-corrected chi connectivity index (χ2v) is 3.74. The summed E-state index contributed by atoms with van der Waals surface area (Å²) in [5.41, 5.74) is 0. The highest BCUT2D eigenvalue weighted by molar-refractivity contribution is 9.10. The maximum atomic E-state index is 10.8. The van der Waals surface area contributed by atoms with Gasteiger partial charge in [0.1, 0.15) is 12.4 Å². The van der Waals surface area contributed by atoms with E-state index in [1.165, 1.54) is 7.11 Å². The van der Waals surface area contributed by atoms with Gasteiger partial charge in [-0.15, -0.1) is 0 Å². The molecule has 0 radical (unpaired) electrons. The number of rotatable bonds is 3. The number of ether oxygens (including phenoxy) is 1. The SMILES string of the molecule is COC(=O)CNc1ncc(Br)cc1Cl. The summed E-state index contributed by atoms with van der Waals surface area (Å²) in [6.07, 6.45) is 1.59. The maximum absolute atomic E-state index is 10.8. The first-order valence-corrected chi connectivity index (χ1v) is 4.92. The lowest BCUT2D eigenvalue weighted by atomic mass is 10.4. The second-order valence-electron chi connectivity index (χ2n) is 2.41. The molecular weight excluding hydrogens is 271 g/mol. The Hall–Kier alpha value is -0.810. The zero-order chi connectivity index (χ0) is 10.6. The van der Waals surface area contributed by atoms with Gasteiger partial charge in [0.25, 0.3) is 0 Å². The van der Waals surface area contributed by atoms with Crippen molar-refractivity contribution in [3.8, 4) is 0 Å². The summed E-state index contributed by atoms with van der Waals surface area (Å²) in [6, 6.07) is 1.69. The number of nitrogens with zero attached hydrogens (tertiary/aromatic N) is 1. The van der Waals surface area contributed by atoms with Crippen LogP contribution in [-0.4, -0.2) is 24.6 Å². The number of carbonyl (C=O) groups is 1. The van der Waals surface area contributed by atoms with Crippen molar-refractivity contribution in [1.82, 2.24) is 4.98 Å². The highest BCUT2D eigenvalue weighted by atomic mass is 79.9. The highest BCUT2D eigenvalue weighted by Gasteiger charge is 2.04. The van der Waals surface area contributed by atoms with Crippen molar-refractivity contribution < 1.29 is 9.53 Å². The molecule has 1 aromatic heterocycles. The molecular formula is C8H8BrClN2O2. The Morgan fingerprint density at radius 1 is 1.79 bits per heavy atom. The van der Waals surface area contributed by atoms with Gasteiger partial charge >= 0.3 is 5.97 Å². The van der Waals surface area contributed by atoms with Crippen molar-refractivity contribution in [1.29, 1.82) is 0 Å². The Bertz CT molecular complexity index is 346. The molecule has 0 aliphatic rings. The van der Waals surface area contributed by atoms with Crippen LogP contribution in [0.4, 0.5) is 5.82 Å². The van der Waals surface area contributed by atoms with Crippen LogP contribution in [0, 0.1) is 0 Å². The lowest BCUT2D eigenvalue weighted by molar-refractivity contribution is -0.138. The number of halogens is 2. The van der Waals surface area contributed by atoms with Gasteiger partial charge in [-0.05, 0) is 22.0 Å². The molecule has 0 bridgehead atoms. The van der Waals surface area contributed by atoms with Gasteiger partial charge in [-0.1, -0.05) is 11.6 Å². The quantitative estimate of drug-likeness (QED) is 0.861. The van der Waals surface area contributed by atoms with E-state index in [4.69, 9.17) is 11.6 Å². The van der Waals surface area contributed by atoms with Gasteiger partial charge in [-0.2, -0.15) is 0 Å². The lowest BCUT2D eigenvalue weighted by Crippen LogP contribution is -2.15. The fourth-order valence-corrected chi connectivity index (χ4v) is 1.47. The van der Waals surface area contributed by atoms with Crippen LogP contribution in [0.15, 0.2) is 16.7 Å². The van der Waals surface area contributed by atoms with Crippen molar-refractivity contribution in [2.24, 2.45) is 0 Å². The summed E-state index contributed by atoms with van der Waals surface area (Å²) < 4.78 is 5.24. The fraction of sp³-hybridized carbons (Fsp3) is 0.250. The maximum Gasteiger partial charge on any atom is 0.325 e. The molecule has 0 spiro atoms. The number of pyridine rings is 1. The molecule has 0 fully saturated rings. The number of hydrogen-bond donors (Lipinski definition) is 1. The molecule has 1 rings (SSSR count). The van der Waals surface area contributed by atoms with Gasteiger partial charge < -0.3 is 10.1 Å². The molecule has 4 nitrogen and oxygen atoms in total. The van der Waals surface area contributed by atoms with Crippen LogP contribution in [0.1, 0.15) is 0 Å². The molecule has 0 unspecified atom stereocenters. The highest BCUT2D eigenvalue weighted by Crippen LogP contribution is 2.22. The third-order valence-electron chi connectivity index (χ3n) is 1.44. The number of nitrogens with one attached hydrogen (secondary N) is 1. The molecule has 0 amide bonds. The summed E-state index contributed by atoms with van der Waals surface area (Å²) in [7, 11) is 1.32. The first kappa shape index (κ1) is 11.3. The van der Waals surface area contributed by atoms with E-state index >= 15 is 0 Å². The number of aromatic nitrogens is 1. The molecule has 6 heteroatoms. The van der Waals surface area contributed by atoms with E-state index in [-0.39, 0.29) is 12.5 Å². The zero-order valence-electron chi connectivity index (χ0n) is 7.38. The van der Waals surface area contributed by atoms with Crippen LogP contribution in [-0.2, 0) is 9.53 Å². The van der Waals surface area contributed by atoms with Gasteiger partial charge in [-0.25, -0.2) is 4.98 Å². The van der Waals surface area contributed by atoms with Crippen molar-refractivity contribution >= 4 is 39.3 Å². The Balaban J connectivity index is 2.63. The molecule has 0 saturated carbocycles. The largest absolute Gasteiger partial charge is 0.468 e. The van der Waals surface area contributed by atoms with E-state index in [2.05, 4.69) is 31.0 Å². The lowest BCUT2D eigenvalue weighted by Gasteiger charge is -2.05. The Labute approximate surface area is 94.7 Å². The molecule has 1 aromatic rings. The summed E-state index contributed by atoms with van der Waals surface area (Å²) >= 11 is 9.07. The predicted octanol–water partition coefficient (Wildman–Crippen LogP) is 2.08. The predicted molar refractivity (Wildman–Crippen MR) is 57.5 cm³/mol. The van der Waals surface area contributed by atoms with Crippen LogP contribution in [0.25, 0.3) is 0 Å². The summed E-state index contributed by atoms with van der Waals surface area (Å²) in [5, 5.41) is 3.20. The van der Waals surface area contributed by atoms with E-state index in [9.17, 15) is 4.79 Å². The van der Waals surface area contributed by atoms with Crippen LogP contribution in [0.3, 0.4) is 0 Å². The van der Waals surface area contributed by atoms with Gasteiger partial charge in [-0.3, -0.25) is 4.79 Å². The van der Waals surface area contributed by atoms with Gasteiger partial charge in [0, 0.05) is 10.7 Å². The summed E-state index contributed by atoms with van der Waals surface area (Å²) in [5.74, 6) is 0.0889. The van der Waals surface area contributed by atoms with Crippen molar-refractivity contribution in [2.45, 2.75) is 0 Å². The van der Waals surface area contributed by atoms with E-state index in [1.807, 2.05) is 0 Å². The molecule has 0 atom stereocenters. The standard InChI is InChI=1S/C8H8BrClN2O2/c1-14-7(13)4-12-8-6(10)2-5(9)3-11-8/h2-3H,4H2,1H3,(H,11,12). The molecule has 1 N–H and O–H groups in total. The Kier molecular flexibility index (Phi) is 4.16. The van der Waals surface area contributed by atoms with E-state index in [0.717, 1.165) is 4.47 Å². The Morgan fingerprint density at radius 2 is 2.50 bits per heavy atom. The number of methoxy groups -OCH3 is 1. The molecule has 0 saturated heterocycles. The molecule has 1 heterocycles. The average molecular weight is 280 g/mol. The van der Waals surface area contributed by atoms with E-state index in [1.54, 1.807) is 12.3 Å². The molecule has 14 heavy (non-hydrogen) atoms.